The second-order valence-corrected chi connectivity index (χ2v) is 4.86. The summed E-state index contributed by atoms with van der Waals surface area (Å²) >= 11 is 0. The number of carbonyl (C=O) groups is 1. The Morgan fingerprint density at radius 3 is 1.76 bits per heavy atom. The number of carbonyl (C=O) groups excluding carboxylic acids is 1. The van der Waals surface area contributed by atoms with Crippen LogP contribution in [0.3, 0.4) is 0 Å². The van der Waals surface area contributed by atoms with Gasteiger partial charge in [0.2, 0.25) is 6.41 Å². The van der Waals surface area contributed by atoms with Gasteiger partial charge < -0.3 is 9.80 Å². The molecule has 0 bridgehead atoms. The van der Waals surface area contributed by atoms with Gasteiger partial charge in [-0.15, -0.1) is 0 Å². The molecule has 0 unspecified atom stereocenters. The van der Waals surface area contributed by atoms with Gasteiger partial charge >= 0.3 is 0 Å². The van der Waals surface area contributed by atoms with Gasteiger partial charge in [0.25, 0.3) is 0 Å². The Morgan fingerprint density at radius 2 is 1.53 bits per heavy atom. The Labute approximate surface area is 107 Å². The highest BCUT2D eigenvalue weighted by Gasteiger charge is 2.03. The van der Waals surface area contributed by atoms with Crippen LogP contribution < -0.4 is 0 Å². The number of amides is 1. The molecule has 0 aromatic heterocycles. The highest BCUT2D eigenvalue weighted by atomic mass is 16.1. The van der Waals surface area contributed by atoms with Crippen molar-refractivity contribution < 1.29 is 4.79 Å². The topological polar surface area (TPSA) is 23.6 Å². The van der Waals surface area contributed by atoms with Gasteiger partial charge in [-0.25, -0.2) is 0 Å². The molecule has 1 fully saturated rings. The van der Waals surface area contributed by atoms with Crippen LogP contribution in [0, 0.1) is 0 Å². The van der Waals surface area contributed by atoms with Crippen molar-refractivity contribution in [2.45, 2.75) is 52.4 Å². The van der Waals surface area contributed by atoms with E-state index in [0.29, 0.717) is 0 Å². The van der Waals surface area contributed by atoms with Crippen molar-refractivity contribution in [3.05, 3.63) is 0 Å². The third-order valence-corrected chi connectivity index (χ3v) is 3.08. The zero-order valence-electron chi connectivity index (χ0n) is 12.0. The van der Waals surface area contributed by atoms with Crippen LogP contribution in [0.2, 0.25) is 0 Å². The molecule has 0 aliphatic carbocycles. The van der Waals surface area contributed by atoms with Crippen molar-refractivity contribution in [3.8, 4) is 0 Å². The smallest absolute Gasteiger partial charge is 0.209 e. The molecule has 3 heteroatoms. The Kier molecular flexibility index (Phi) is 11.5. The zero-order valence-corrected chi connectivity index (χ0v) is 12.0. The van der Waals surface area contributed by atoms with Crippen LogP contribution in [0.15, 0.2) is 0 Å². The molecule has 17 heavy (non-hydrogen) atoms. The van der Waals surface area contributed by atoms with Gasteiger partial charge in [0.1, 0.15) is 0 Å². The third kappa shape index (κ3) is 10.3. The lowest BCUT2D eigenvalue weighted by molar-refractivity contribution is -0.118. The molecule has 1 heterocycles. The maximum absolute atomic E-state index is 10.4. The molecule has 0 aromatic rings. The summed E-state index contributed by atoms with van der Waals surface area (Å²) in [6, 6.07) is 0. The Balaban J connectivity index is 0.000000354. The van der Waals surface area contributed by atoms with Crippen LogP contribution in [0.25, 0.3) is 0 Å². The molecule has 0 radical (unpaired) electrons. The minimum Gasteiger partial charge on any atom is -0.345 e. The lowest BCUT2D eigenvalue weighted by atomic mass is 10.3. The van der Waals surface area contributed by atoms with Crippen LogP contribution in [0.1, 0.15) is 52.4 Å². The molecule has 1 amide bonds. The van der Waals surface area contributed by atoms with Crippen molar-refractivity contribution >= 4 is 6.41 Å². The predicted molar refractivity (Wildman–Crippen MR) is 74.2 cm³/mol. The molecule has 1 saturated heterocycles. The summed E-state index contributed by atoms with van der Waals surface area (Å²) < 4.78 is 0. The van der Waals surface area contributed by atoms with Gasteiger partial charge in [0, 0.05) is 13.1 Å². The lowest BCUT2D eigenvalue weighted by Crippen LogP contribution is -2.24. The molecule has 0 aromatic carbocycles. The Morgan fingerprint density at radius 1 is 1.06 bits per heavy atom. The fraction of sp³-hybridized carbons (Fsp3) is 0.929. The van der Waals surface area contributed by atoms with Gasteiger partial charge in [0.05, 0.1) is 0 Å². The van der Waals surface area contributed by atoms with E-state index in [0.717, 1.165) is 45.2 Å². The normalized spacial score (nSPS) is 15.2. The van der Waals surface area contributed by atoms with Crippen molar-refractivity contribution in [2.24, 2.45) is 0 Å². The second-order valence-electron chi connectivity index (χ2n) is 4.86. The Bertz CT molecular complexity index is 160. The van der Waals surface area contributed by atoms with Crippen LogP contribution in [0.5, 0.6) is 0 Å². The molecular formula is C14H30N2O. The van der Waals surface area contributed by atoms with E-state index < -0.39 is 0 Å². The minimum absolute atomic E-state index is 0.931. The lowest BCUT2D eigenvalue weighted by Gasteiger charge is -2.15. The average Bonchev–Trinajstić information content (AvgIpc) is 2.81. The van der Waals surface area contributed by atoms with E-state index in [4.69, 9.17) is 0 Å². The third-order valence-electron chi connectivity index (χ3n) is 3.08. The number of hydrogen-bond acceptors (Lipinski definition) is 2. The van der Waals surface area contributed by atoms with Gasteiger partial charge in [0.15, 0.2) is 0 Å². The molecule has 0 N–H and O–H groups in total. The van der Waals surface area contributed by atoms with E-state index in [1.165, 1.54) is 25.9 Å². The molecule has 102 valence electrons. The molecule has 1 aliphatic rings. The summed E-state index contributed by atoms with van der Waals surface area (Å²) in [7, 11) is 2.17. The minimum atomic E-state index is 0.931. The van der Waals surface area contributed by atoms with Crippen LogP contribution in [-0.2, 0) is 4.79 Å². The van der Waals surface area contributed by atoms with E-state index in [1.807, 2.05) is 4.90 Å². The highest BCUT2D eigenvalue weighted by Crippen LogP contribution is 2.02. The summed E-state index contributed by atoms with van der Waals surface area (Å²) in [6.07, 6.45) is 8.37. The molecule has 0 spiro atoms. The summed E-state index contributed by atoms with van der Waals surface area (Å²) in [5.41, 5.74) is 0. The first-order valence-electron chi connectivity index (χ1n) is 7.12. The van der Waals surface area contributed by atoms with Gasteiger partial charge in [-0.05, 0) is 45.8 Å². The summed E-state index contributed by atoms with van der Waals surface area (Å²) in [5, 5.41) is 0. The number of unbranched alkanes of at least 4 members (excludes halogenated alkanes) is 2. The van der Waals surface area contributed by atoms with E-state index in [9.17, 15) is 4.79 Å². The summed E-state index contributed by atoms with van der Waals surface area (Å²) in [6.45, 7) is 8.78. The van der Waals surface area contributed by atoms with Gasteiger partial charge in [-0.1, -0.05) is 26.7 Å². The molecular weight excluding hydrogens is 212 g/mol. The SMILES string of the molecule is CCCCN(C=O)CCCC.CN1CCCC1. The van der Waals surface area contributed by atoms with E-state index in [-0.39, 0.29) is 0 Å². The maximum atomic E-state index is 10.4. The number of likely N-dealkylation sites (tertiary alicyclic amines) is 1. The quantitative estimate of drug-likeness (QED) is 0.641. The van der Waals surface area contributed by atoms with Crippen LogP contribution in [0.4, 0.5) is 0 Å². The predicted octanol–water partition coefficient (Wildman–Crippen LogP) is 2.76. The van der Waals surface area contributed by atoms with Crippen LogP contribution in [-0.4, -0.2) is 49.4 Å². The zero-order chi connectivity index (χ0) is 12.9. The fourth-order valence-electron chi connectivity index (χ4n) is 1.81. The molecule has 3 nitrogen and oxygen atoms in total. The Hall–Kier alpha value is -0.570. The largest absolute Gasteiger partial charge is 0.345 e. The molecule has 0 saturated carbocycles. The van der Waals surface area contributed by atoms with Gasteiger partial charge in [-0.3, -0.25) is 4.79 Å². The standard InChI is InChI=1S/C9H19NO.C5H11N/c1-3-5-7-10(9-11)8-6-4-2;1-6-4-2-3-5-6/h9H,3-8H2,1-2H3;2-5H2,1H3. The van der Waals surface area contributed by atoms with E-state index in [2.05, 4.69) is 25.8 Å². The van der Waals surface area contributed by atoms with Crippen LogP contribution >= 0.6 is 0 Å². The first-order valence-corrected chi connectivity index (χ1v) is 7.12. The first-order chi connectivity index (χ1) is 8.24. The van der Waals surface area contributed by atoms with Crippen molar-refractivity contribution in [1.82, 2.24) is 9.80 Å². The summed E-state index contributed by atoms with van der Waals surface area (Å²) in [4.78, 5) is 14.7. The van der Waals surface area contributed by atoms with Gasteiger partial charge in [-0.2, -0.15) is 0 Å². The van der Waals surface area contributed by atoms with E-state index >= 15 is 0 Å². The average molecular weight is 242 g/mol. The first kappa shape index (κ1) is 16.4. The van der Waals surface area contributed by atoms with E-state index in [1.54, 1.807) is 0 Å². The second kappa shape index (κ2) is 11.9. The van der Waals surface area contributed by atoms with Crippen molar-refractivity contribution in [3.63, 3.8) is 0 Å². The summed E-state index contributed by atoms with van der Waals surface area (Å²) in [5.74, 6) is 0. The fourth-order valence-corrected chi connectivity index (χ4v) is 1.81. The highest BCUT2D eigenvalue weighted by molar-refractivity contribution is 5.46. The number of hydrogen-bond donors (Lipinski definition) is 0. The number of rotatable bonds is 7. The maximum Gasteiger partial charge on any atom is 0.209 e. The van der Waals surface area contributed by atoms with Crippen molar-refractivity contribution in [2.75, 3.05) is 33.2 Å². The number of nitrogens with zero attached hydrogens (tertiary/aromatic N) is 2. The van der Waals surface area contributed by atoms with Crippen molar-refractivity contribution in [1.29, 1.82) is 0 Å². The molecule has 0 atom stereocenters. The molecule has 1 rings (SSSR count). The monoisotopic (exact) mass is 242 g/mol. The molecule has 1 aliphatic heterocycles.